The van der Waals surface area contributed by atoms with Crippen LogP contribution in [-0.4, -0.2) is 47.9 Å². The van der Waals surface area contributed by atoms with Gasteiger partial charge >= 0.3 is 11.9 Å². The minimum Gasteiger partial charge on any atom is -0.494 e. The Morgan fingerprint density at radius 3 is 1.58 bits per heavy atom. The van der Waals surface area contributed by atoms with E-state index in [0.29, 0.717) is 36.9 Å². The summed E-state index contributed by atoms with van der Waals surface area (Å²) in [5, 5.41) is 2.85. The zero-order chi connectivity index (χ0) is 36.9. The van der Waals surface area contributed by atoms with Crippen molar-refractivity contribution in [3.63, 3.8) is 0 Å². The number of benzene rings is 1. The lowest BCUT2D eigenvalue weighted by Crippen LogP contribution is -2.50. The molecular formula is C43H72O5Si2. The minimum absolute atomic E-state index is 0.305. The molecule has 7 heteroatoms. The molecule has 282 valence electrons. The molecule has 0 atom stereocenters. The van der Waals surface area contributed by atoms with Gasteiger partial charge in [0.1, 0.15) is 5.75 Å². The van der Waals surface area contributed by atoms with Crippen LogP contribution >= 0.6 is 0 Å². The minimum atomic E-state index is -1.99. The maximum absolute atomic E-state index is 12.1. The fourth-order valence-corrected chi connectivity index (χ4v) is 14.1. The lowest BCUT2D eigenvalue weighted by atomic mass is 9.68. The van der Waals surface area contributed by atoms with Crippen molar-refractivity contribution >= 4 is 38.5 Å². The Balaban J connectivity index is 1.83. The molecule has 2 fully saturated rings. The number of unbranched alkanes of at least 4 members (excludes halogenated alkanes) is 2. The van der Waals surface area contributed by atoms with Crippen molar-refractivity contribution < 1.29 is 23.8 Å². The molecule has 3 rings (SSSR count). The Hall–Kier alpha value is -2.13. The van der Waals surface area contributed by atoms with E-state index in [1.54, 1.807) is 13.8 Å². The van der Waals surface area contributed by atoms with E-state index in [-0.39, 0.29) is 11.9 Å². The fourth-order valence-electron chi connectivity index (χ4n) is 8.62. The average Bonchev–Trinajstić information content (AvgIpc) is 3.08. The lowest BCUT2D eigenvalue weighted by molar-refractivity contribution is -0.139. The van der Waals surface area contributed by atoms with Gasteiger partial charge in [-0.25, -0.2) is 9.59 Å². The lowest BCUT2D eigenvalue weighted by Gasteiger charge is -2.39. The quantitative estimate of drug-likeness (QED) is 0.0580. The highest BCUT2D eigenvalue weighted by atomic mass is 28.3. The normalized spacial score (nSPS) is 21.4. The molecule has 0 heterocycles. The molecule has 2 aliphatic carbocycles. The first-order valence-corrected chi connectivity index (χ1v) is 26.6. The van der Waals surface area contributed by atoms with Gasteiger partial charge in [-0.15, -0.1) is 0 Å². The Morgan fingerprint density at radius 2 is 1.16 bits per heavy atom. The first-order chi connectivity index (χ1) is 23.7. The molecule has 2 aliphatic rings. The molecule has 2 saturated carbocycles. The van der Waals surface area contributed by atoms with Gasteiger partial charge in [-0.1, -0.05) is 109 Å². The van der Waals surface area contributed by atoms with Gasteiger partial charge in [0, 0.05) is 11.1 Å². The Labute approximate surface area is 308 Å². The summed E-state index contributed by atoms with van der Waals surface area (Å²) >= 11 is 0. The van der Waals surface area contributed by atoms with Gasteiger partial charge in [-0.3, -0.25) is 0 Å². The van der Waals surface area contributed by atoms with Crippen molar-refractivity contribution in [1.29, 1.82) is 0 Å². The van der Waals surface area contributed by atoms with Crippen LogP contribution in [0.4, 0.5) is 0 Å². The second-order valence-corrected chi connectivity index (χ2v) is 26.7. The van der Waals surface area contributed by atoms with Crippen LogP contribution in [-0.2, 0) is 19.1 Å². The number of esters is 2. The molecule has 0 amide bonds. The highest BCUT2D eigenvalue weighted by Gasteiger charge is 2.37. The van der Waals surface area contributed by atoms with E-state index < -0.39 is 16.1 Å². The summed E-state index contributed by atoms with van der Waals surface area (Å²) in [7, 11) is -3.97. The molecular weight excluding hydrogens is 653 g/mol. The van der Waals surface area contributed by atoms with E-state index in [1.165, 1.54) is 93.0 Å². The number of carbonyl (C=O) groups excluding carboxylic acids is 2. The van der Waals surface area contributed by atoms with E-state index in [2.05, 4.69) is 65.3 Å². The smallest absolute Gasteiger partial charge is 0.333 e. The Kier molecular flexibility index (Phi) is 17.1. The van der Waals surface area contributed by atoms with Gasteiger partial charge in [0.2, 0.25) is 0 Å². The zero-order valence-electron chi connectivity index (χ0n) is 33.4. The SMILES string of the molecule is C=C(C)C(=O)OCCC[Si](C)(C)c1cc(C2CCC(C3CCC(CCCCC)CC3)CC2)cc([Si](C)(C)CCCOC(=O)C(=C)C)c1OCC. The van der Waals surface area contributed by atoms with Crippen molar-refractivity contribution in [3.8, 4) is 5.75 Å². The number of ether oxygens (including phenoxy) is 3. The van der Waals surface area contributed by atoms with Crippen molar-refractivity contribution in [2.24, 2.45) is 17.8 Å². The first-order valence-electron chi connectivity index (χ1n) is 20.2. The second-order valence-electron chi connectivity index (χ2n) is 17.1. The van der Waals surface area contributed by atoms with Crippen LogP contribution in [0, 0.1) is 17.8 Å². The van der Waals surface area contributed by atoms with E-state index in [0.717, 1.165) is 48.4 Å². The van der Waals surface area contributed by atoms with Gasteiger partial charge < -0.3 is 14.2 Å². The number of hydrogen-bond acceptors (Lipinski definition) is 5. The van der Waals surface area contributed by atoms with Crippen LogP contribution in [0.5, 0.6) is 5.75 Å². The highest BCUT2D eigenvalue weighted by Crippen LogP contribution is 2.45. The molecule has 0 radical (unpaired) electrons. The summed E-state index contributed by atoms with van der Waals surface area (Å²) in [5.74, 6) is 3.90. The average molecular weight is 725 g/mol. The standard InChI is InChI=1S/C43H72O5Si2/c1-11-13-14-17-34-18-20-35(21-19-34)36-22-24-37(25-23-36)38-30-39(49(7,8)28-15-26-47-42(44)32(3)4)41(46-12-2)40(31-38)50(9,10)29-16-27-48-43(45)33(5)6/h30-31,34-37H,3,5,11-29H2,1-2,4,6-10H3. The molecule has 0 spiro atoms. The van der Waals surface area contributed by atoms with Crippen LogP contribution in [0.25, 0.3) is 0 Å². The molecule has 1 aromatic rings. The predicted octanol–water partition coefficient (Wildman–Crippen LogP) is 10.6. The molecule has 1 aromatic carbocycles. The monoisotopic (exact) mass is 724 g/mol. The maximum atomic E-state index is 12.1. The van der Waals surface area contributed by atoms with Crippen LogP contribution in [0.2, 0.25) is 38.3 Å². The molecule has 0 saturated heterocycles. The third-order valence-electron chi connectivity index (χ3n) is 11.9. The summed E-state index contributed by atoms with van der Waals surface area (Å²) in [6.45, 7) is 26.6. The molecule has 0 aliphatic heterocycles. The number of hydrogen-bond donors (Lipinski definition) is 0. The third kappa shape index (κ3) is 12.5. The molecule has 0 bridgehead atoms. The fraction of sp³-hybridized carbons (Fsp3) is 0.721. The zero-order valence-corrected chi connectivity index (χ0v) is 35.4. The van der Waals surface area contributed by atoms with Crippen LogP contribution in [0.3, 0.4) is 0 Å². The van der Waals surface area contributed by atoms with E-state index >= 15 is 0 Å². The molecule has 0 aromatic heterocycles. The first kappa shape index (κ1) is 42.3. The van der Waals surface area contributed by atoms with Gasteiger partial charge in [0.15, 0.2) is 0 Å². The Morgan fingerprint density at radius 1 is 0.700 bits per heavy atom. The van der Waals surface area contributed by atoms with Crippen molar-refractivity contribution in [2.75, 3.05) is 19.8 Å². The Bertz CT molecular complexity index is 1200. The largest absolute Gasteiger partial charge is 0.494 e. The van der Waals surface area contributed by atoms with Crippen molar-refractivity contribution in [1.82, 2.24) is 0 Å². The molecule has 5 nitrogen and oxygen atoms in total. The summed E-state index contributed by atoms with van der Waals surface area (Å²) in [4.78, 5) is 24.1. The summed E-state index contributed by atoms with van der Waals surface area (Å²) in [6, 6.07) is 7.14. The number of rotatable bonds is 20. The van der Waals surface area contributed by atoms with Crippen LogP contribution in [0.15, 0.2) is 36.4 Å². The third-order valence-corrected chi connectivity index (χ3v) is 18.8. The van der Waals surface area contributed by atoms with Crippen molar-refractivity contribution in [2.45, 2.75) is 162 Å². The maximum Gasteiger partial charge on any atom is 0.333 e. The van der Waals surface area contributed by atoms with Crippen LogP contribution in [0.1, 0.15) is 129 Å². The molecule has 50 heavy (non-hydrogen) atoms. The van der Waals surface area contributed by atoms with E-state index in [9.17, 15) is 9.59 Å². The van der Waals surface area contributed by atoms with Gasteiger partial charge in [0.05, 0.1) is 36.0 Å². The summed E-state index contributed by atoms with van der Waals surface area (Å²) in [5.41, 5.74) is 2.41. The molecule has 0 N–H and O–H groups in total. The number of carbonyl (C=O) groups is 2. The summed E-state index contributed by atoms with van der Waals surface area (Å²) in [6.07, 6.45) is 18.4. The van der Waals surface area contributed by atoms with Gasteiger partial charge in [-0.2, -0.15) is 0 Å². The second kappa shape index (κ2) is 20.2. The molecule has 0 unspecified atom stereocenters. The van der Waals surface area contributed by atoms with Crippen LogP contribution < -0.4 is 15.1 Å². The van der Waals surface area contributed by atoms with E-state index in [4.69, 9.17) is 14.2 Å². The summed E-state index contributed by atoms with van der Waals surface area (Å²) < 4.78 is 17.6. The van der Waals surface area contributed by atoms with Crippen molar-refractivity contribution in [3.05, 3.63) is 42.0 Å². The predicted molar refractivity (Wildman–Crippen MR) is 217 cm³/mol. The van der Waals surface area contributed by atoms with Gasteiger partial charge in [0.25, 0.3) is 0 Å². The topological polar surface area (TPSA) is 61.8 Å². The van der Waals surface area contributed by atoms with E-state index in [1.807, 2.05) is 0 Å². The highest BCUT2D eigenvalue weighted by molar-refractivity contribution is 6.93. The van der Waals surface area contributed by atoms with Gasteiger partial charge in [-0.05, 0) is 112 Å².